The smallest absolute Gasteiger partial charge is 0.249 e. The number of hydrogen-bond donors (Lipinski definition) is 2. The highest BCUT2D eigenvalue weighted by Gasteiger charge is 2.38. The molecule has 0 amide bonds. The Morgan fingerprint density at radius 2 is 1.81 bits per heavy atom. The Morgan fingerprint density at radius 3 is 2.33 bits per heavy atom. The number of nitrogens with two attached hydrogens (primary N) is 1. The van der Waals surface area contributed by atoms with Crippen molar-refractivity contribution in [2.75, 3.05) is 6.54 Å². The van der Waals surface area contributed by atoms with Gasteiger partial charge in [-0.25, -0.2) is 21.6 Å². The summed E-state index contributed by atoms with van der Waals surface area (Å²) in [5.41, 5.74) is 5.36. The van der Waals surface area contributed by atoms with Gasteiger partial charge in [-0.3, -0.25) is 5.41 Å². The molecular weight excluding hydrogens is 307 g/mol. The molecule has 0 spiro atoms. The molecule has 1 unspecified atom stereocenters. The predicted molar refractivity (Wildman–Crippen MR) is 69.8 cm³/mol. The molecule has 1 atom stereocenters. The van der Waals surface area contributed by atoms with Gasteiger partial charge in [-0.05, 0) is 12.8 Å². The van der Waals surface area contributed by atoms with Crippen molar-refractivity contribution in [3.63, 3.8) is 0 Å². The standard InChI is InChI=1S/C12H14F3N3O2S/c13-7-5-8(14)11(9(15)6-7)21(19,20)18-4-2-1-3-10(18)12(16)17/h5-6,10H,1-4H2,(H3,16,17). The summed E-state index contributed by atoms with van der Waals surface area (Å²) in [6.45, 7) is 0.00281. The lowest BCUT2D eigenvalue weighted by Gasteiger charge is -2.33. The molecule has 1 heterocycles. The molecule has 0 aliphatic carbocycles. The number of rotatable bonds is 3. The lowest BCUT2D eigenvalue weighted by Crippen LogP contribution is -2.50. The zero-order chi connectivity index (χ0) is 15.8. The molecule has 5 nitrogen and oxygen atoms in total. The average molecular weight is 321 g/mol. The van der Waals surface area contributed by atoms with E-state index in [1.54, 1.807) is 0 Å². The van der Waals surface area contributed by atoms with Gasteiger partial charge >= 0.3 is 0 Å². The molecule has 0 bridgehead atoms. The number of hydrogen-bond acceptors (Lipinski definition) is 3. The molecule has 2 rings (SSSR count). The van der Waals surface area contributed by atoms with Crippen LogP contribution >= 0.6 is 0 Å². The fourth-order valence-corrected chi connectivity index (χ4v) is 4.16. The number of amidine groups is 1. The first-order valence-corrected chi connectivity index (χ1v) is 7.69. The monoisotopic (exact) mass is 321 g/mol. The van der Waals surface area contributed by atoms with Crippen LogP contribution in [0.15, 0.2) is 17.0 Å². The van der Waals surface area contributed by atoms with Crippen molar-refractivity contribution in [2.45, 2.75) is 30.2 Å². The molecule has 1 aliphatic heterocycles. The van der Waals surface area contributed by atoms with Crippen LogP contribution in [0.2, 0.25) is 0 Å². The average Bonchev–Trinajstić information content (AvgIpc) is 2.37. The molecule has 0 radical (unpaired) electrons. The van der Waals surface area contributed by atoms with Gasteiger partial charge in [-0.1, -0.05) is 6.42 Å². The van der Waals surface area contributed by atoms with E-state index in [2.05, 4.69) is 0 Å². The van der Waals surface area contributed by atoms with Crippen molar-refractivity contribution in [1.29, 1.82) is 5.41 Å². The van der Waals surface area contributed by atoms with Gasteiger partial charge < -0.3 is 5.73 Å². The van der Waals surface area contributed by atoms with Gasteiger partial charge in [0.1, 0.15) is 23.3 Å². The summed E-state index contributed by atoms with van der Waals surface area (Å²) in [5.74, 6) is -4.59. The van der Waals surface area contributed by atoms with E-state index in [0.29, 0.717) is 31.4 Å². The van der Waals surface area contributed by atoms with Crippen LogP contribution in [0.5, 0.6) is 0 Å². The summed E-state index contributed by atoms with van der Waals surface area (Å²) in [7, 11) is -4.54. The van der Waals surface area contributed by atoms with Crippen LogP contribution in [0.1, 0.15) is 19.3 Å². The number of halogens is 3. The van der Waals surface area contributed by atoms with E-state index in [1.165, 1.54) is 0 Å². The van der Waals surface area contributed by atoms with E-state index in [-0.39, 0.29) is 12.4 Å². The highest BCUT2D eigenvalue weighted by Crippen LogP contribution is 2.29. The van der Waals surface area contributed by atoms with Crippen LogP contribution in [-0.2, 0) is 10.0 Å². The third kappa shape index (κ3) is 2.88. The van der Waals surface area contributed by atoms with E-state index in [4.69, 9.17) is 11.1 Å². The Bertz CT molecular complexity index is 655. The predicted octanol–water partition coefficient (Wildman–Crippen LogP) is 1.58. The summed E-state index contributed by atoms with van der Waals surface area (Å²) in [5, 5.41) is 7.43. The van der Waals surface area contributed by atoms with E-state index >= 15 is 0 Å². The van der Waals surface area contributed by atoms with Gasteiger partial charge in [-0.15, -0.1) is 0 Å². The maximum Gasteiger partial charge on any atom is 0.249 e. The van der Waals surface area contributed by atoms with Gasteiger partial charge in [0.15, 0.2) is 4.90 Å². The fraction of sp³-hybridized carbons (Fsp3) is 0.417. The molecular formula is C12H14F3N3O2S. The van der Waals surface area contributed by atoms with E-state index in [1.807, 2.05) is 0 Å². The van der Waals surface area contributed by atoms with Crippen LogP contribution in [-0.4, -0.2) is 31.1 Å². The molecule has 1 fully saturated rings. The van der Waals surface area contributed by atoms with E-state index < -0.39 is 38.4 Å². The number of nitrogens with zero attached hydrogens (tertiary/aromatic N) is 1. The molecule has 0 saturated carbocycles. The zero-order valence-corrected chi connectivity index (χ0v) is 11.8. The molecule has 3 N–H and O–H groups in total. The van der Waals surface area contributed by atoms with Gasteiger partial charge in [0.2, 0.25) is 10.0 Å². The lowest BCUT2D eigenvalue weighted by atomic mass is 10.0. The number of nitrogens with one attached hydrogen (secondary N) is 1. The van der Waals surface area contributed by atoms with Crippen LogP contribution in [0, 0.1) is 22.9 Å². The topological polar surface area (TPSA) is 87.2 Å². The van der Waals surface area contributed by atoms with Crippen molar-refractivity contribution >= 4 is 15.9 Å². The van der Waals surface area contributed by atoms with Crippen LogP contribution in [0.3, 0.4) is 0 Å². The van der Waals surface area contributed by atoms with Crippen molar-refractivity contribution in [1.82, 2.24) is 4.31 Å². The largest absolute Gasteiger partial charge is 0.386 e. The minimum absolute atomic E-state index is 0.00281. The van der Waals surface area contributed by atoms with Crippen LogP contribution in [0.4, 0.5) is 13.2 Å². The molecule has 21 heavy (non-hydrogen) atoms. The zero-order valence-electron chi connectivity index (χ0n) is 10.9. The molecule has 1 aliphatic rings. The quantitative estimate of drug-likeness (QED) is 0.654. The van der Waals surface area contributed by atoms with Gasteiger partial charge in [0.05, 0.1) is 6.04 Å². The summed E-state index contributed by atoms with van der Waals surface area (Å²) < 4.78 is 66.0. The second kappa shape index (κ2) is 5.64. The Morgan fingerprint density at radius 1 is 1.24 bits per heavy atom. The Labute approximate surface area is 120 Å². The molecule has 0 aromatic heterocycles. The summed E-state index contributed by atoms with van der Waals surface area (Å²) in [6.07, 6.45) is 1.46. The van der Waals surface area contributed by atoms with Gasteiger partial charge in [-0.2, -0.15) is 4.31 Å². The van der Waals surface area contributed by atoms with Crippen molar-refractivity contribution in [2.24, 2.45) is 5.73 Å². The van der Waals surface area contributed by atoms with E-state index in [0.717, 1.165) is 4.31 Å². The molecule has 1 aromatic carbocycles. The Hall–Kier alpha value is -1.61. The SMILES string of the molecule is N=C(N)C1CCCCN1S(=O)(=O)c1c(F)cc(F)cc1F. The minimum atomic E-state index is -4.54. The maximum atomic E-state index is 13.7. The second-order valence-electron chi connectivity index (χ2n) is 4.78. The van der Waals surface area contributed by atoms with Crippen molar-refractivity contribution in [3.8, 4) is 0 Å². The Kier molecular flexibility index (Phi) is 4.24. The maximum absolute atomic E-state index is 13.7. The normalized spacial score (nSPS) is 20.4. The number of benzene rings is 1. The van der Waals surface area contributed by atoms with Crippen molar-refractivity contribution in [3.05, 3.63) is 29.6 Å². The first kappa shape index (κ1) is 15.8. The van der Waals surface area contributed by atoms with Crippen LogP contribution < -0.4 is 5.73 Å². The summed E-state index contributed by atoms with van der Waals surface area (Å²) in [4.78, 5) is -1.21. The summed E-state index contributed by atoms with van der Waals surface area (Å²) in [6, 6.07) is -0.321. The molecule has 1 aromatic rings. The first-order valence-electron chi connectivity index (χ1n) is 6.25. The third-order valence-corrected chi connectivity index (χ3v) is 5.30. The molecule has 116 valence electrons. The highest BCUT2D eigenvalue weighted by molar-refractivity contribution is 7.89. The molecule has 1 saturated heterocycles. The lowest BCUT2D eigenvalue weighted by molar-refractivity contribution is 0.301. The van der Waals surface area contributed by atoms with Gasteiger partial charge in [0, 0.05) is 18.7 Å². The Balaban J connectivity index is 2.53. The minimum Gasteiger partial charge on any atom is -0.386 e. The summed E-state index contributed by atoms with van der Waals surface area (Å²) >= 11 is 0. The van der Waals surface area contributed by atoms with E-state index in [9.17, 15) is 21.6 Å². The fourth-order valence-electron chi connectivity index (χ4n) is 2.40. The van der Waals surface area contributed by atoms with Gasteiger partial charge in [0.25, 0.3) is 0 Å². The first-order chi connectivity index (χ1) is 9.75. The van der Waals surface area contributed by atoms with Crippen molar-refractivity contribution < 1.29 is 21.6 Å². The number of sulfonamides is 1. The number of piperidine rings is 1. The third-order valence-electron chi connectivity index (χ3n) is 3.34. The molecule has 9 heteroatoms. The second-order valence-corrected chi connectivity index (χ2v) is 6.61. The highest BCUT2D eigenvalue weighted by atomic mass is 32.2. The van der Waals surface area contributed by atoms with Crippen LogP contribution in [0.25, 0.3) is 0 Å².